The Balaban J connectivity index is 2.76. The zero-order valence-electron chi connectivity index (χ0n) is 5.94. The van der Waals surface area contributed by atoms with E-state index in [-0.39, 0.29) is 0 Å². The van der Waals surface area contributed by atoms with Crippen LogP contribution in [0.4, 0.5) is 0 Å². The van der Waals surface area contributed by atoms with Crippen LogP contribution in [0.25, 0.3) is 0 Å². The molecule has 0 radical (unpaired) electrons. The number of carbonyl (C=O) groups is 2. The van der Waals surface area contributed by atoms with Crippen molar-refractivity contribution >= 4 is 11.9 Å². The molecular formula is C7H8O4. The van der Waals surface area contributed by atoms with Gasteiger partial charge in [0.25, 0.3) is 0 Å². The Morgan fingerprint density at radius 1 is 1.27 bits per heavy atom. The summed E-state index contributed by atoms with van der Waals surface area (Å²) < 4.78 is 0. The van der Waals surface area contributed by atoms with E-state index in [2.05, 4.69) is 0 Å². The largest absolute Gasteiger partial charge is 0.481 e. The molecule has 1 aliphatic rings. The molecule has 0 aromatic carbocycles. The van der Waals surface area contributed by atoms with Gasteiger partial charge in [-0.2, -0.15) is 0 Å². The van der Waals surface area contributed by atoms with Gasteiger partial charge in [0.15, 0.2) is 0 Å². The molecule has 2 N–H and O–H groups in total. The smallest absolute Gasteiger partial charge is 0.311 e. The van der Waals surface area contributed by atoms with E-state index in [0.29, 0.717) is 5.57 Å². The van der Waals surface area contributed by atoms with E-state index >= 15 is 0 Å². The highest BCUT2D eigenvalue weighted by atomic mass is 16.4. The van der Waals surface area contributed by atoms with Crippen LogP contribution in [-0.4, -0.2) is 22.2 Å². The lowest BCUT2D eigenvalue weighted by atomic mass is 10.3. The van der Waals surface area contributed by atoms with Crippen LogP contribution in [0.2, 0.25) is 0 Å². The van der Waals surface area contributed by atoms with Crippen LogP contribution in [0.3, 0.4) is 0 Å². The molecular weight excluding hydrogens is 148 g/mol. The van der Waals surface area contributed by atoms with Crippen LogP contribution in [0, 0.1) is 11.8 Å². The number of carboxylic acid groups (broad SMARTS) is 2. The van der Waals surface area contributed by atoms with Crippen LogP contribution >= 0.6 is 0 Å². The molecule has 60 valence electrons. The molecule has 0 amide bonds. The first kappa shape index (κ1) is 7.78. The average molecular weight is 156 g/mol. The Morgan fingerprint density at radius 2 is 1.64 bits per heavy atom. The molecule has 0 spiro atoms. The summed E-state index contributed by atoms with van der Waals surface area (Å²) in [6.07, 6.45) is 1.55. The lowest BCUT2D eigenvalue weighted by molar-refractivity contribution is -0.144. The number of hydrogen-bond donors (Lipinski definition) is 2. The van der Waals surface area contributed by atoms with Crippen LogP contribution in [0.15, 0.2) is 11.6 Å². The van der Waals surface area contributed by atoms with Crippen molar-refractivity contribution in [2.45, 2.75) is 6.92 Å². The number of allylic oxidation sites excluding steroid dienone is 1. The van der Waals surface area contributed by atoms with Gasteiger partial charge in [-0.05, 0) is 12.5 Å². The molecule has 2 atom stereocenters. The second-order valence-electron chi connectivity index (χ2n) is 2.42. The Labute approximate surface area is 63.1 Å². The molecule has 0 heterocycles. The minimum atomic E-state index is -1.05. The van der Waals surface area contributed by atoms with E-state index in [4.69, 9.17) is 10.2 Å². The highest BCUT2D eigenvalue weighted by Gasteiger charge is 2.54. The lowest BCUT2D eigenvalue weighted by Gasteiger charge is -1.83. The van der Waals surface area contributed by atoms with Gasteiger partial charge in [0.2, 0.25) is 0 Å². The molecule has 1 aliphatic carbocycles. The van der Waals surface area contributed by atoms with Gasteiger partial charge >= 0.3 is 11.9 Å². The summed E-state index contributed by atoms with van der Waals surface area (Å²) in [7, 11) is 0. The van der Waals surface area contributed by atoms with E-state index in [0.717, 1.165) is 0 Å². The Morgan fingerprint density at radius 3 is 1.73 bits per heavy atom. The molecule has 1 saturated carbocycles. The fourth-order valence-corrected chi connectivity index (χ4v) is 1.21. The first-order valence-electron chi connectivity index (χ1n) is 3.21. The minimum absolute atomic E-state index is 0.505. The van der Waals surface area contributed by atoms with Crippen LogP contribution < -0.4 is 0 Å². The van der Waals surface area contributed by atoms with Gasteiger partial charge in [0.05, 0.1) is 11.8 Å². The molecule has 11 heavy (non-hydrogen) atoms. The molecule has 0 bridgehead atoms. The Bertz CT molecular complexity index is 219. The number of aliphatic carboxylic acids is 2. The maximum Gasteiger partial charge on any atom is 0.311 e. The SMILES string of the molecule is CC=C1[C@@H](C(=O)O)[C@@H]1C(=O)O. The Hall–Kier alpha value is -1.32. The summed E-state index contributed by atoms with van der Waals surface area (Å²) in [6.45, 7) is 1.65. The molecule has 0 aliphatic heterocycles. The summed E-state index contributed by atoms with van der Waals surface area (Å²) in [5.41, 5.74) is 0.505. The molecule has 0 aromatic heterocycles. The number of rotatable bonds is 2. The fourth-order valence-electron chi connectivity index (χ4n) is 1.21. The maximum absolute atomic E-state index is 10.3. The van der Waals surface area contributed by atoms with Gasteiger partial charge in [0.1, 0.15) is 0 Å². The van der Waals surface area contributed by atoms with Gasteiger partial charge in [0, 0.05) is 0 Å². The quantitative estimate of drug-likeness (QED) is 0.565. The predicted molar refractivity (Wildman–Crippen MR) is 36.0 cm³/mol. The van der Waals surface area contributed by atoms with Crippen molar-refractivity contribution in [3.8, 4) is 0 Å². The van der Waals surface area contributed by atoms with Crippen LogP contribution in [0.1, 0.15) is 6.92 Å². The summed E-state index contributed by atoms with van der Waals surface area (Å²) in [4.78, 5) is 20.7. The second-order valence-corrected chi connectivity index (χ2v) is 2.42. The van der Waals surface area contributed by atoms with Gasteiger partial charge in [-0.25, -0.2) is 0 Å². The third kappa shape index (κ3) is 1.11. The van der Waals surface area contributed by atoms with E-state index < -0.39 is 23.8 Å². The van der Waals surface area contributed by atoms with Gasteiger partial charge in [-0.1, -0.05) is 6.08 Å². The summed E-state index contributed by atoms with van der Waals surface area (Å²) in [5, 5.41) is 16.9. The van der Waals surface area contributed by atoms with Crippen molar-refractivity contribution in [2.75, 3.05) is 0 Å². The topological polar surface area (TPSA) is 74.6 Å². The molecule has 0 aromatic rings. The van der Waals surface area contributed by atoms with E-state index in [1.54, 1.807) is 13.0 Å². The van der Waals surface area contributed by atoms with Crippen molar-refractivity contribution in [3.63, 3.8) is 0 Å². The fraction of sp³-hybridized carbons (Fsp3) is 0.429. The van der Waals surface area contributed by atoms with Gasteiger partial charge in [-0.3, -0.25) is 9.59 Å². The van der Waals surface area contributed by atoms with Crippen molar-refractivity contribution in [2.24, 2.45) is 11.8 Å². The minimum Gasteiger partial charge on any atom is -0.481 e. The average Bonchev–Trinajstić information content (AvgIpc) is 2.59. The molecule has 0 saturated heterocycles. The van der Waals surface area contributed by atoms with Gasteiger partial charge in [-0.15, -0.1) is 0 Å². The molecule has 0 unspecified atom stereocenters. The van der Waals surface area contributed by atoms with Crippen molar-refractivity contribution in [1.29, 1.82) is 0 Å². The highest BCUT2D eigenvalue weighted by Crippen LogP contribution is 2.45. The highest BCUT2D eigenvalue weighted by molar-refractivity contribution is 5.93. The summed E-state index contributed by atoms with van der Waals surface area (Å²) in [6, 6.07) is 0. The predicted octanol–water partition coefficient (Wildman–Crippen LogP) is 0.348. The molecule has 4 nitrogen and oxygen atoms in total. The maximum atomic E-state index is 10.3. The van der Waals surface area contributed by atoms with E-state index in [1.807, 2.05) is 0 Å². The zero-order valence-corrected chi connectivity index (χ0v) is 5.94. The molecule has 1 rings (SSSR count). The summed E-state index contributed by atoms with van der Waals surface area (Å²) in [5.74, 6) is -3.66. The summed E-state index contributed by atoms with van der Waals surface area (Å²) >= 11 is 0. The molecule has 1 fully saturated rings. The third-order valence-corrected chi connectivity index (χ3v) is 1.81. The Kier molecular flexibility index (Phi) is 1.68. The number of hydrogen-bond acceptors (Lipinski definition) is 2. The first-order chi connectivity index (χ1) is 5.09. The van der Waals surface area contributed by atoms with Crippen molar-refractivity contribution < 1.29 is 19.8 Å². The lowest BCUT2D eigenvalue weighted by Crippen LogP contribution is -2.05. The van der Waals surface area contributed by atoms with Crippen molar-refractivity contribution in [1.82, 2.24) is 0 Å². The monoisotopic (exact) mass is 156 g/mol. The first-order valence-corrected chi connectivity index (χ1v) is 3.21. The van der Waals surface area contributed by atoms with E-state index in [1.165, 1.54) is 0 Å². The zero-order chi connectivity index (χ0) is 8.59. The normalized spacial score (nSPS) is 27.9. The standard InChI is InChI=1S/C7H8O4/c1-2-3-4(6(8)9)5(3)7(10)11/h2,4-5H,1H3,(H,8,9)(H,10,11)/t4-,5-/m1/s1. The van der Waals surface area contributed by atoms with Crippen molar-refractivity contribution in [3.05, 3.63) is 11.6 Å². The number of carboxylic acids is 2. The second kappa shape index (κ2) is 2.38. The van der Waals surface area contributed by atoms with Gasteiger partial charge < -0.3 is 10.2 Å². The van der Waals surface area contributed by atoms with Crippen LogP contribution in [-0.2, 0) is 9.59 Å². The van der Waals surface area contributed by atoms with E-state index in [9.17, 15) is 9.59 Å². The van der Waals surface area contributed by atoms with Crippen LogP contribution in [0.5, 0.6) is 0 Å². The third-order valence-electron chi connectivity index (χ3n) is 1.81. The molecule has 4 heteroatoms.